The van der Waals surface area contributed by atoms with Gasteiger partial charge < -0.3 is 5.11 Å². The van der Waals surface area contributed by atoms with E-state index >= 15 is 0 Å². The number of nitrogens with zero attached hydrogens (tertiary/aromatic N) is 2. The number of carboxylic acid groups (broad SMARTS) is 1. The van der Waals surface area contributed by atoms with E-state index < -0.39 is 11.6 Å². The molecule has 0 saturated carbocycles. The average Bonchev–Trinajstić information content (AvgIpc) is 2.56. The van der Waals surface area contributed by atoms with Gasteiger partial charge in [-0.05, 0) is 0 Å². The van der Waals surface area contributed by atoms with Crippen LogP contribution in [0.4, 0.5) is 0 Å². The van der Waals surface area contributed by atoms with E-state index in [2.05, 4.69) is 9.98 Å². The summed E-state index contributed by atoms with van der Waals surface area (Å²) in [6, 6.07) is 0. The maximum atomic E-state index is 11.7. The Morgan fingerprint density at radius 2 is 1.32 bits per heavy atom. The summed E-state index contributed by atoms with van der Waals surface area (Å²) in [6.07, 6.45) is 0. The summed E-state index contributed by atoms with van der Waals surface area (Å²) in [5.41, 5.74) is -0.144. The Kier molecular flexibility index (Phi) is 3.70. The molecule has 19 heavy (non-hydrogen) atoms. The summed E-state index contributed by atoms with van der Waals surface area (Å²) >= 11 is 0. The van der Waals surface area contributed by atoms with Gasteiger partial charge >= 0.3 is 5.97 Å². The second-order valence-corrected chi connectivity index (χ2v) is 7.61. The Morgan fingerprint density at radius 1 is 1.00 bits per heavy atom. The number of rotatable bonds is 2. The molecule has 4 heteroatoms. The summed E-state index contributed by atoms with van der Waals surface area (Å²) in [4.78, 5) is 20.8. The van der Waals surface area contributed by atoms with E-state index in [1.54, 1.807) is 0 Å². The molecule has 0 radical (unpaired) electrons. The highest BCUT2D eigenvalue weighted by Crippen LogP contribution is 2.38. The van der Waals surface area contributed by atoms with Crippen molar-refractivity contribution in [3.8, 4) is 0 Å². The molecule has 0 aromatic rings. The smallest absolute Gasteiger partial charge is 0.354 e. The second-order valence-electron chi connectivity index (χ2n) is 7.61. The van der Waals surface area contributed by atoms with Crippen LogP contribution in [0.25, 0.3) is 0 Å². The molecule has 0 bridgehead atoms. The highest BCUT2D eigenvalue weighted by atomic mass is 16.4. The number of carbonyl (C=O) groups is 1. The van der Waals surface area contributed by atoms with E-state index in [0.717, 1.165) is 11.4 Å². The van der Waals surface area contributed by atoms with Gasteiger partial charge in [0.15, 0.2) is 0 Å². The van der Waals surface area contributed by atoms with E-state index in [1.165, 1.54) is 0 Å². The van der Waals surface area contributed by atoms with E-state index in [-0.39, 0.29) is 16.7 Å². The third-order valence-electron chi connectivity index (χ3n) is 3.33. The van der Waals surface area contributed by atoms with Crippen molar-refractivity contribution in [2.45, 2.75) is 61.1 Å². The van der Waals surface area contributed by atoms with Gasteiger partial charge in [0.25, 0.3) is 0 Å². The Morgan fingerprint density at radius 3 is 1.47 bits per heavy atom. The highest BCUT2D eigenvalue weighted by Gasteiger charge is 2.49. The molecular formula is C15H26N2O2. The fraction of sp³-hybridized carbons (Fsp3) is 0.800. The number of aliphatic carboxylic acids is 1. The van der Waals surface area contributed by atoms with Crippen molar-refractivity contribution >= 4 is 17.4 Å². The Balaban J connectivity index is 3.55. The zero-order chi connectivity index (χ0) is 15.2. The highest BCUT2D eigenvalue weighted by molar-refractivity contribution is 6.47. The van der Waals surface area contributed by atoms with Crippen molar-refractivity contribution in [2.75, 3.05) is 0 Å². The summed E-state index contributed by atoms with van der Waals surface area (Å²) in [6.45, 7) is 16.0. The maximum absolute atomic E-state index is 11.7. The van der Waals surface area contributed by atoms with Crippen LogP contribution in [0, 0.1) is 16.7 Å². The van der Waals surface area contributed by atoms with Gasteiger partial charge in [-0.1, -0.05) is 55.4 Å². The van der Waals surface area contributed by atoms with Crippen LogP contribution >= 0.6 is 0 Å². The lowest BCUT2D eigenvalue weighted by Gasteiger charge is -2.27. The molecular weight excluding hydrogens is 240 g/mol. The standard InChI is InChI=1S/C15H26N2O2/c1-9(2)15(12(18)19)16-10(13(3,4)5)11(17-15)14(6,7)8/h9H,1-8H3,(H,18,19). The molecule has 0 spiro atoms. The van der Waals surface area contributed by atoms with Gasteiger partial charge in [-0.25, -0.2) is 14.8 Å². The molecule has 108 valence electrons. The van der Waals surface area contributed by atoms with Crippen LogP contribution < -0.4 is 0 Å². The van der Waals surface area contributed by atoms with Crippen LogP contribution in [0.2, 0.25) is 0 Å². The zero-order valence-corrected chi connectivity index (χ0v) is 13.3. The SMILES string of the molecule is CC(C)C1(C(=O)O)N=C(C(C)(C)C)C(C(C)(C)C)=N1. The Hall–Kier alpha value is -1.19. The largest absolute Gasteiger partial charge is 0.478 e. The maximum Gasteiger partial charge on any atom is 0.354 e. The normalized spacial score (nSPS) is 19.4. The lowest BCUT2D eigenvalue weighted by molar-refractivity contribution is -0.144. The first-order valence-corrected chi connectivity index (χ1v) is 6.77. The molecule has 0 aliphatic carbocycles. The molecule has 0 unspecified atom stereocenters. The van der Waals surface area contributed by atoms with Crippen molar-refractivity contribution in [1.29, 1.82) is 0 Å². The van der Waals surface area contributed by atoms with Crippen LogP contribution in [0.5, 0.6) is 0 Å². The van der Waals surface area contributed by atoms with E-state index in [4.69, 9.17) is 0 Å². The minimum absolute atomic E-state index is 0.179. The second kappa shape index (κ2) is 4.43. The fourth-order valence-corrected chi connectivity index (χ4v) is 2.12. The third kappa shape index (κ3) is 2.72. The van der Waals surface area contributed by atoms with Gasteiger partial charge in [-0.15, -0.1) is 0 Å². The number of aliphatic imine (C=N–C) groups is 2. The average molecular weight is 266 g/mol. The van der Waals surface area contributed by atoms with Crippen LogP contribution in [-0.4, -0.2) is 28.2 Å². The van der Waals surface area contributed by atoms with Gasteiger partial charge in [0.05, 0.1) is 11.4 Å². The van der Waals surface area contributed by atoms with Crippen molar-refractivity contribution in [2.24, 2.45) is 26.7 Å². The molecule has 1 aliphatic rings. The van der Waals surface area contributed by atoms with E-state index in [0.29, 0.717) is 0 Å². The first-order chi connectivity index (χ1) is 8.32. The van der Waals surface area contributed by atoms with Gasteiger partial charge in [0.1, 0.15) is 0 Å². The van der Waals surface area contributed by atoms with Gasteiger partial charge in [0, 0.05) is 16.7 Å². The summed E-state index contributed by atoms with van der Waals surface area (Å²) < 4.78 is 0. The molecule has 1 heterocycles. The lowest BCUT2D eigenvalue weighted by Crippen LogP contribution is -2.39. The molecule has 1 N–H and O–H groups in total. The first kappa shape index (κ1) is 15.9. The van der Waals surface area contributed by atoms with Crippen LogP contribution in [0.15, 0.2) is 9.98 Å². The van der Waals surface area contributed by atoms with Crippen molar-refractivity contribution < 1.29 is 9.90 Å². The molecule has 0 fully saturated rings. The first-order valence-electron chi connectivity index (χ1n) is 6.77. The molecule has 0 atom stereocenters. The minimum atomic E-state index is -1.36. The topological polar surface area (TPSA) is 62.0 Å². The fourth-order valence-electron chi connectivity index (χ4n) is 2.12. The zero-order valence-electron chi connectivity index (χ0n) is 13.3. The summed E-state index contributed by atoms with van der Waals surface area (Å²) in [5, 5.41) is 9.59. The monoisotopic (exact) mass is 266 g/mol. The molecule has 0 aromatic heterocycles. The summed E-state index contributed by atoms with van der Waals surface area (Å²) in [5.74, 6) is -1.15. The predicted octanol–water partition coefficient (Wildman–Crippen LogP) is 3.41. The molecule has 0 amide bonds. The van der Waals surface area contributed by atoms with Crippen LogP contribution in [0.3, 0.4) is 0 Å². The van der Waals surface area contributed by atoms with E-state index in [9.17, 15) is 9.90 Å². The Labute approximate surface area is 116 Å². The van der Waals surface area contributed by atoms with E-state index in [1.807, 2.05) is 55.4 Å². The van der Waals surface area contributed by atoms with Crippen molar-refractivity contribution in [3.05, 3.63) is 0 Å². The van der Waals surface area contributed by atoms with Crippen molar-refractivity contribution in [3.63, 3.8) is 0 Å². The third-order valence-corrected chi connectivity index (χ3v) is 3.33. The number of carboxylic acids is 1. The van der Waals surface area contributed by atoms with Crippen molar-refractivity contribution in [1.82, 2.24) is 0 Å². The predicted molar refractivity (Wildman–Crippen MR) is 79.0 cm³/mol. The number of hydrogen-bond donors (Lipinski definition) is 1. The summed E-state index contributed by atoms with van der Waals surface area (Å²) in [7, 11) is 0. The molecule has 1 rings (SSSR count). The van der Waals surface area contributed by atoms with Gasteiger partial charge in [-0.3, -0.25) is 0 Å². The Bertz CT molecular complexity index is 416. The molecule has 1 aliphatic heterocycles. The molecule has 4 nitrogen and oxygen atoms in total. The lowest BCUT2D eigenvalue weighted by atomic mass is 9.78. The van der Waals surface area contributed by atoms with Gasteiger partial charge in [-0.2, -0.15) is 0 Å². The molecule has 0 saturated heterocycles. The number of hydrogen-bond acceptors (Lipinski definition) is 3. The quantitative estimate of drug-likeness (QED) is 0.832. The minimum Gasteiger partial charge on any atom is -0.478 e. The molecule has 0 aromatic carbocycles. The van der Waals surface area contributed by atoms with Crippen LogP contribution in [-0.2, 0) is 4.79 Å². The van der Waals surface area contributed by atoms with Gasteiger partial charge in [0.2, 0.25) is 5.66 Å². The van der Waals surface area contributed by atoms with Crippen LogP contribution in [0.1, 0.15) is 55.4 Å².